The SMILES string of the molecule is CCOc1cccc(CNC(=NC)NC(C)C(C)C)c1. The summed E-state index contributed by atoms with van der Waals surface area (Å²) >= 11 is 0. The van der Waals surface area contributed by atoms with Gasteiger partial charge in [0, 0.05) is 19.6 Å². The number of hydrogen-bond donors (Lipinski definition) is 2. The molecule has 0 aliphatic rings. The lowest BCUT2D eigenvalue weighted by molar-refractivity contribution is 0.340. The minimum Gasteiger partial charge on any atom is -0.494 e. The maximum Gasteiger partial charge on any atom is 0.191 e. The van der Waals surface area contributed by atoms with Crippen molar-refractivity contribution in [3.05, 3.63) is 29.8 Å². The van der Waals surface area contributed by atoms with Crippen molar-refractivity contribution in [1.29, 1.82) is 0 Å². The van der Waals surface area contributed by atoms with Crippen molar-refractivity contribution >= 4 is 5.96 Å². The van der Waals surface area contributed by atoms with E-state index >= 15 is 0 Å². The van der Waals surface area contributed by atoms with Gasteiger partial charge in [-0.1, -0.05) is 26.0 Å². The van der Waals surface area contributed by atoms with Gasteiger partial charge in [-0.3, -0.25) is 4.99 Å². The van der Waals surface area contributed by atoms with E-state index in [0.29, 0.717) is 18.6 Å². The number of benzene rings is 1. The lowest BCUT2D eigenvalue weighted by Gasteiger charge is -2.20. The van der Waals surface area contributed by atoms with Crippen LogP contribution in [0.4, 0.5) is 0 Å². The molecule has 0 aliphatic heterocycles. The summed E-state index contributed by atoms with van der Waals surface area (Å²) in [6.45, 7) is 9.95. The smallest absolute Gasteiger partial charge is 0.191 e. The molecule has 1 unspecified atom stereocenters. The standard InChI is InChI=1S/C16H27N3O/c1-6-20-15-9-7-8-14(10-15)11-18-16(17-5)19-13(4)12(2)3/h7-10,12-13H,6,11H2,1-5H3,(H2,17,18,19). The lowest BCUT2D eigenvalue weighted by Crippen LogP contribution is -2.43. The van der Waals surface area contributed by atoms with E-state index in [1.165, 1.54) is 5.56 Å². The molecule has 0 fully saturated rings. The molecule has 0 spiro atoms. The maximum atomic E-state index is 5.50. The molecule has 20 heavy (non-hydrogen) atoms. The Morgan fingerprint density at radius 2 is 2.05 bits per heavy atom. The minimum atomic E-state index is 0.385. The molecular formula is C16H27N3O. The third-order valence-corrected chi connectivity index (χ3v) is 3.26. The zero-order valence-electron chi connectivity index (χ0n) is 13.2. The molecule has 1 rings (SSSR count). The molecular weight excluding hydrogens is 250 g/mol. The van der Waals surface area contributed by atoms with E-state index in [1.54, 1.807) is 7.05 Å². The van der Waals surface area contributed by atoms with Gasteiger partial charge in [-0.15, -0.1) is 0 Å². The molecule has 0 saturated heterocycles. The predicted octanol–water partition coefficient (Wildman–Crippen LogP) is 2.79. The normalized spacial score (nSPS) is 13.2. The van der Waals surface area contributed by atoms with E-state index in [2.05, 4.69) is 48.5 Å². The molecule has 0 radical (unpaired) electrons. The molecule has 4 nitrogen and oxygen atoms in total. The van der Waals surface area contributed by atoms with Crippen molar-refractivity contribution in [2.75, 3.05) is 13.7 Å². The molecule has 1 atom stereocenters. The molecule has 4 heteroatoms. The van der Waals surface area contributed by atoms with Gasteiger partial charge in [-0.25, -0.2) is 0 Å². The van der Waals surface area contributed by atoms with Crippen LogP contribution in [-0.4, -0.2) is 25.7 Å². The third-order valence-electron chi connectivity index (χ3n) is 3.26. The van der Waals surface area contributed by atoms with Gasteiger partial charge in [0.25, 0.3) is 0 Å². The number of aliphatic imine (C=N–C) groups is 1. The number of hydrogen-bond acceptors (Lipinski definition) is 2. The summed E-state index contributed by atoms with van der Waals surface area (Å²) in [6.07, 6.45) is 0. The molecule has 0 bridgehead atoms. The Bertz CT molecular complexity index is 429. The van der Waals surface area contributed by atoms with Crippen LogP contribution in [0.3, 0.4) is 0 Å². The van der Waals surface area contributed by atoms with Gasteiger partial charge in [-0.05, 0) is 37.5 Å². The van der Waals surface area contributed by atoms with Crippen LogP contribution in [0.25, 0.3) is 0 Å². The van der Waals surface area contributed by atoms with Gasteiger partial charge >= 0.3 is 0 Å². The zero-order chi connectivity index (χ0) is 15.0. The second-order valence-corrected chi connectivity index (χ2v) is 5.18. The van der Waals surface area contributed by atoms with Crippen LogP contribution in [-0.2, 0) is 6.54 Å². The highest BCUT2D eigenvalue weighted by Crippen LogP contribution is 2.12. The first-order chi connectivity index (χ1) is 9.56. The van der Waals surface area contributed by atoms with Gasteiger partial charge in [-0.2, -0.15) is 0 Å². The first-order valence-electron chi connectivity index (χ1n) is 7.25. The molecule has 0 amide bonds. The lowest BCUT2D eigenvalue weighted by atomic mass is 10.1. The minimum absolute atomic E-state index is 0.385. The predicted molar refractivity (Wildman–Crippen MR) is 85.2 cm³/mol. The Balaban J connectivity index is 2.54. The molecule has 1 aromatic carbocycles. The summed E-state index contributed by atoms with van der Waals surface area (Å²) in [7, 11) is 1.79. The van der Waals surface area contributed by atoms with Crippen molar-refractivity contribution < 1.29 is 4.74 Å². The fraction of sp³-hybridized carbons (Fsp3) is 0.562. The van der Waals surface area contributed by atoms with E-state index in [1.807, 2.05) is 19.1 Å². The Kier molecular flexibility index (Phi) is 6.91. The highest BCUT2D eigenvalue weighted by atomic mass is 16.5. The summed E-state index contributed by atoms with van der Waals surface area (Å²) in [4.78, 5) is 4.25. The summed E-state index contributed by atoms with van der Waals surface area (Å²) in [5.41, 5.74) is 1.18. The van der Waals surface area contributed by atoms with Crippen molar-refractivity contribution in [2.24, 2.45) is 10.9 Å². The molecule has 0 saturated carbocycles. The molecule has 0 aliphatic carbocycles. The quantitative estimate of drug-likeness (QED) is 0.621. The van der Waals surface area contributed by atoms with Crippen molar-refractivity contribution in [3.8, 4) is 5.75 Å². The molecule has 112 valence electrons. The summed E-state index contributed by atoms with van der Waals surface area (Å²) in [5, 5.41) is 6.71. The van der Waals surface area contributed by atoms with Crippen LogP contribution in [0.5, 0.6) is 5.75 Å². The Morgan fingerprint density at radius 1 is 1.30 bits per heavy atom. The van der Waals surface area contributed by atoms with Crippen LogP contribution >= 0.6 is 0 Å². The summed E-state index contributed by atoms with van der Waals surface area (Å²) in [5.74, 6) is 2.30. The monoisotopic (exact) mass is 277 g/mol. The Morgan fingerprint density at radius 3 is 2.65 bits per heavy atom. The van der Waals surface area contributed by atoms with Crippen LogP contribution < -0.4 is 15.4 Å². The van der Waals surface area contributed by atoms with E-state index in [4.69, 9.17) is 4.74 Å². The Labute approximate surface area is 122 Å². The highest BCUT2D eigenvalue weighted by molar-refractivity contribution is 5.79. The van der Waals surface area contributed by atoms with E-state index in [-0.39, 0.29) is 0 Å². The van der Waals surface area contributed by atoms with E-state index < -0.39 is 0 Å². The van der Waals surface area contributed by atoms with Crippen molar-refractivity contribution in [2.45, 2.75) is 40.3 Å². The molecule has 1 aromatic rings. The summed E-state index contributed by atoms with van der Waals surface area (Å²) < 4.78 is 5.50. The largest absolute Gasteiger partial charge is 0.494 e. The van der Waals surface area contributed by atoms with Crippen molar-refractivity contribution in [1.82, 2.24) is 10.6 Å². The van der Waals surface area contributed by atoms with E-state index in [0.717, 1.165) is 18.3 Å². The van der Waals surface area contributed by atoms with Crippen LogP contribution in [0.2, 0.25) is 0 Å². The fourth-order valence-corrected chi connectivity index (χ4v) is 1.67. The first kappa shape index (κ1) is 16.3. The van der Waals surface area contributed by atoms with Gasteiger partial charge < -0.3 is 15.4 Å². The van der Waals surface area contributed by atoms with Gasteiger partial charge in [0.1, 0.15) is 5.75 Å². The number of guanidine groups is 1. The highest BCUT2D eigenvalue weighted by Gasteiger charge is 2.08. The number of nitrogens with zero attached hydrogens (tertiary/aromatic N) is 1. The topological polar surface area (TPSA) is 45.6 Å². The maximum absolute atomic E-state index is 5.50. The van der Waals surface area contributed by atoms with Gasteiger partial charge in [0.15, 0.2) is 5.96 Å². The van der Waals surface area contributed by atoms with Gasteiger partial charge in [0.05, 0.1) is 6.61 Å². The average Bonchev–Trinajstić information content (AvgIpc) is 2.43. The average molecular weight is 277 g/mol. The van der Waals surface area contributed by atoms with Crippen LogP contribution in [0, 0.1) is 5.92 Å². The second kappa shape index (κ2) is 8.46. The van der Waals surface area contributed by atoms with Gasteiger partial charge in [0.2, 0.25) is 0 Å². The molecule has 0 heterocycles. The van der Waals surface area contributed by atoms with E-state index in [9.17, 15) is 0 Å². The fourth-order valence-electron chi connectivity index (χ4n) is 1.67. The number of rotatable bonds is 6. The first-order valence-corrected chi connectivity index (χ1v) is 7.25. The summed E-state index contributed by atoms with van der Waals surface area (Å²) in [6, 6.07) is 8.50. The number of ether oxygens (including phenoxy) is 1. The third kappa shape index (κ3) is 5.51. The second-order valence-electron chi connectivity index (χ2n) is 5.18. The Hall–Kier alpha value is -1.71. The van der Waals surface area contributed by atoms with Crippen molar-refractivity contribution in [3.63, 3.8) is 0 Å². The zero-order valence-corrected chi connectivity index (χ0v) is 13.2. The van der Waals surface area contributed by atoms with Crippen LogP contribution in [0.15, 0.2) is 29.3 Å². The molecule has 0 aromatic heterocycles. The van der Waals surface area contributed by atoms with Crippen LogP contribution in [0.1, 0.15) is 33.3 Å². The molecule has 2 N–H and O–H groups in total. The number of nitrogens with one attached hydrogen (secondary N) is 2.